The van der Waals surface area contributed by atoms with Crippen LogP contribution in [-0.4, -0.2) is 42.1 Å². The molecule has 0 aliphatic heterocycles. The maximum absolute atomic E-state index is 13.2. The van der Waals surface area contributed by atoms with E-state index in [-0.39, 0.29) is 18.9 Å². The Labute approximate surface area is 199 Å². The Balaban J connectivity index is 1.76. The highest BCUT2D eigenvalue weighted by atomic mass is 16.5. The fraction of sp³-hybridized carbons (Fsp3) is 0.346. The molecule has 0 bridgehead atoms. The second-order valence-electron chi connectivity index (χ2n) is 8.54. The van der Waals surface area contributed by atoms with Gasteiger partial charge in [0.1, 0.15) is 18.7 Å². The minimum Gasteiger partial charge on any atom is -0.467 e. The molecule has 0 spiro atoms. The molecule has 0 aliphatic rings. The first-order valence-corrected chi connectivity index (χ1v) is 11.3. The molecule has 8 heteroatoms. The fourth-order valence-corrected chi connectivity index (χ4v) is 3.74. The highest BCUT2D eigenvalue weighted by molar-refractivity contribution is 5.91. The normalized spacial score (nSPS) is 12.7. The minimum atomic E-state index is -0.957. The number of carbonyl (C=O) groups is 3. The molecule has 0 radical (unpaired) electrons. The number of hydrogen-bond acceptors (Lipinski definition) is 5. The first kappa shape index (κ1) is 24.8. The van der Waals surface area contributed by atoms with Gasteiger partial charge in [0.15, 0.2) is 0 Å². The third-order valence-corrected chi connectivity index (χ3v) is 5.43. The summed E-state index contributed by atoms with van der Waals surface area (Å²) in [6.07, 6.45) is 1.72. The van der Waals surface area contributed by atoms with Crippen LogP contribution in [0.1, 0.15) is 31.4 Å². The molecule has 2 amide bonds. The van der Waals surface area contributed by atoms with Crippen LogP contribution in [0.25, 0.3) is 10.9 Å². The maximum Gasteiger partial charge on any atom is 0.408 e. The molecule has 3 aromatic rings. The Morgan fingerprint density at radius 2 is 1.65 bits per heavy atom. The zero-order chi connectivity index (χ0) is 24.5. The van der Waals surface area contributed by atoms with Crippen LogP contribution in [0, 0.1) is 5.92 Å². The van der Waals surface area contributed by atoms with Crippen molar-refractivity contribution in [2.75, 3.05) is 7.11 Å². The number of carbonyl (C=O) groups excluding carboxylic acids is 3. The van der Waals surface area contributed by atoms with Gasteiger partial charge >= 0.3 is 12.1 Å². The number of nitrogens with one attached hydrogen (secondary N) is 3. The number of hydrogen-bond donors (Lipinski definition) is 3. The van der Waals surface area contributed by atoms with Gasteiger partial charge in [-0.25, -0.2) is 9.59 Å². The third-order valence-electron chi connectivity index (χ3n) is 5.43. The molecule has 1 heterocycles. The van der Waals surface area contributed by atoms with E-state index in [4.69, 9.17) is 9.47 Å². The molecule has 1 aromatic heterocycles. The second kappa shape index (κ2) is 11.9. The Kier molecular flexibility index (Phi) is 8.67. The van der Waals surface area contributed by atoms with E-state index in [2.05, 4.69) is 15.6 Å². The number of aromatic nitrogens is 1. The lowest BCUT2D eigenvalue weighted by molar-refractivity contribution is -0.145. The van der Waals surface area contributed by atoms with Crippen LogP contribution in [-0.2, 0) is 32.1 Å². The Hall–Kier alpha value is -3.81. The number of rotatable bonds is 10. The maximum atomic E-state index is 13.2. The van der Waals surface area contributed by atoms with E-state index >= 15 is 0 Å². The molecule has 3 rings (SSSR count). The van der Waals surface area contributed by atoms with Crippen molar-refractivity contribution in [1.82, 2.24) is 15.6 Å². The molecule has 0 saturated carbocycles. The molecule has 3 N–H and O–H groups in total. The summed E-state index contributed by atoms with van der Waals surface area (Å²) < 4.78 is 10.2. The van der Waals surface area contributed by atoms with Crippen molar-refractivity contribution >= 4 is 28.9 Å². The molecule has 2 aromatic carbocycles. The summed E-state index contributed by atoms with van der Waals surface area (Å²) in [5.74, 6) is -0.863. The van der Waals surface area contributed by atoms with Crippen LogP contribution in [0.3, 0.4) is 0 Å². The molecule has 34 heavy (non-hydrogen) atoms. The number of aromatic amines is 1. The van der Waals surface area contributed by atoms with Crippen LogP contribution in [0.15, 0.2) is 60.8 Å². The number of benzene rings is 2. The molecule has 0 saturated heterocycles. The van der Waals surface area contributed by atoms with E-state index < -0.39 is 30.1 Å². The number of methoxy groups -OCH3 is 1. The fourth-order valence-electron chi connectivity index (χ4n) is 3.74. The smallest absolute Gasteiger partial charge is 0.408 e. The summed E-state index contributed by atoms with van der Waals surface area (Å²) in [6.45, 7) is 3.97. The van der Waals surface area contributed by atoms with Gasteiger partial charge < -0.3 is 25.1 Å². The number of esters is 1. The van der Waals surface area contributed by atoms with E-state index in [0.29, 0.717) is 6.42 Å². The molecular weight excluding hydrogens is 434 g/mol. The monoisotopic (exact) mass is 465 g/mol. The van der Waals surface area contributed by atoms with Gasteiger partial charge in [-0.15, -0.1) is 0 Å². The quantitative estimate of drug-likeness (QED) is 0.396. The predicted molar refractivity (Wildman–Crippen MR) is 129 cm³/mol. The van der Waals surface area contributed by atoms with Crippen molar-refractivity contribution in [3.63, 3.8) is 0 Å². The number of amides is 2. The van der Waals surface area contributed by atoms with Crippen molar-refractivity contribution in [3.05, 3.63) is 71.9 Å². The van der Waals surface area contributed by atoms with Crippen molar-refractivity contribution in [2.24, 2.45) is 5.92 Å². The molecule has 180 valence electrons. The van der Waals surface area contributed by atoms with Crippen LogP contribution in [0.4, 0.5) is 4.79 Å². The molecule has 2 atom stereocenters. The highest BCUT2D eigenvalue weighted by Crippen LogP contribution is 2.19. The highest BCUT2D eigenvalue weighted by Gasteiger charge is 2.29. The van der Waals surface area contributed by atoms with Crippen molar-refractivity contribution in [3.8, 4) is 0 Å². The SMILES string of the molecule is COC(=O)[C@H](CC(C)C)NC(=O)[C@@H](Cc1c[nH]c2ccccc12)NC(=O)OCc1ccccc1. The number of H-pyrrole nitrogens is 1. The summed E-state index contributed by atoms with van der Waals surface area (Å²) in [7, 11) is 1.28. The van der Waals surface area contributed by atoms with E-state index in [1.165, 1.54) is 7.11 Å². The van der Waals surface area contributed by atoms with Crippen molar-refractivity contribution in [2.45, 2.75) is 45.4 Å². The average molecular weight is 466 g/mol. The molecule has 0 unspecified atom stereocenters. The van der Waals surface area contributed by atoms with E-state index in [9.17, 15) is 14.4 Å². The topological polar surface area (TPSA) is 110 Å². The summed E-state index contributed by atoms with van der Waals surface area (Å²) in [5.41, 5.74) is 2.62. The van der Waals surface area contributed by atoms with Gasteiger partial charge in [0.2, 0.25) is 5.91 Å². The van der Waals surface area contributed by atoms with Gasteiger partial charge in [-0.1, -0.05) is 62.4 Å². The van der Waals surface area contributed by atoms with E-state index in [1.807, 2.05) is 74.6 Å². The minimum absolute atomic E-state index is 0.0756. The number of alkyl carbamates (subject to hydrolysis) is 1. The summed E-state index contributed by atoms with van der Waals surface area (Å²) >= 11 is 0. The summed E-state index contributed by atoms with van der Waals surface area (Å²) in [5, 5.41) is 6.36. The van der Waals surface area contributed by atoms with Crippen LogP contribution >= 0.6 is 0 Å². The van der Waals surface area contributed by atoms with Gasteiger partial charge in [-0.2, -0.15) is 0 Å². The zero-order valence-corrected chi connectivity index (χ0v) is 19.7. The standard InChI is InChI=1S/C26H31N3O5/c1-17(2)13-23(25(31)33-3)28-24(30)22(14-19-15-27-21-12-8-7-11-20(19)21)29-26(32)34-16-18-9-5-4-6-10-18/h4-12,15,17,22-23,27H,13-14,16H2,1-3H3,(H,28,30)(H,29,32)/t22-,23+/m1/s1. The van der Waals surface area contributed by atoms with Gasteiger partial charge in [0.05, 0.1) is 7.11 Å². The Morgan fingerprint density at radius 1 is 0.941 bits per heavy atom. The zero-order valence-electron chi connectivity index (χ0n) is 19.7. The van der Waals surface area contributed by atoms with Crippen molar-refractivity contribution in [1.29, 1.82) is 0 Å². The van der Waals surface area contributed by atoms with Crippen LogP contribution in [0.5, 0.6) is 0 Å². The van der Waals surface area contributed by atoms with E-state index in [0.717, 1.165) is 22.0 Å². The largest absolute Gasteiger partial charge is 0.467 e. The van der Waals surface area contributed by atoms with E-state index in [1.54, 1.807) is 0 Å². The Morgan fingerprint density at radius 3 is 2.35 bits per heavy atom. The van der Waals surface area contributed by atoms with Crippen molar-refractivity contribution < 1.29 is 23.9 Å². The number of ether oxygens (including phenoxy) is 2. The summed E-state index contributed by atoms with van der Waals surface area (Å²) in [4.78, 5) is 41.2. The molecular formula is C26H31N3O5. The van der Waals surface area contributed by atoms with Gasteiger partial charge in [-0.05, 0) is 29.5 Å². The predicted octanol–water partition coefficient (Wildman–Crippen LogP) is 3.71. The lowest BCUT2D eigenvalue weighted by Gasteiger charge is -2.23. The summed E-state index contributed by atoms with van der Waals surface area (Å²) in [6, 6.07) is 15.2. The molecule has 0 fully saturated rings. The van der Waals surface area contributed by atoms with Gasteiger partial charge in [-0.3, -0.25) is 4.79 Å². The van der Waals surface area contributed by atoms with Crippen LogP contribution < -0.4 is 10.6 Å². The average Bonchev–Trinajstić information content (AvgIpc) is 3.24. The lowest BCUT2D eigenvalue weighted by Crippen LogP contribution is -2.53. The first-order valence-electron chi connectivity index (χ1n) is 11.3. The van der Waals surface area contributed by atoms with Crippen LogP contribution in [0.2, 0.25) is 0 Å². The van der Waals surface area contributed by atoms with Gasteiger partial charge in [0.25, 0.3) is 0 Å². The Bertz CT molecular complexity index is 1110. The van der Waals surface area contributed by atoms with Gasteiger partial charge in [0, 0.05) is 23.5 Å². The third kappa shape index (κ3) is 6.84. The lowest BCUT2D eigenvalue weighted by atomic mass is 10.0. The first-order chi connectivity index (χ1) is 16.4. The molecule has 8 nitrogen and oxygen atoms in total. The number of fused-ring (bicyclic) bond motifs is 1. The number of para-hydroxylation sites is 1. The molecule has 0 aliphatic carbocycles. The second-order valence-corrected chi connectivity index (χ2v) is 8.54.